The van der Waals surface area contributed by atoms with Crippen LogP contribution in [0.5, 0.6) is 0 Å². The summed E-state index contributed by atoms with van der Waals surface area (Å²) in [4.78, 5) is 30.9. The van der Waals surface area contributed by atoms with Crippen molar-refractivity contribution in [1.82, 2.24) is 9.80 Å². The topological polar surface area (TPSA) is 63.0 Å². The lowest BCUT2D eigenvalue weighted by molar-refractivity contribution is -0.133. The van der Waals surface area contributed by atoms with Crippen LogP contribution in [-0.2, 0) is 22.6 Å². The minimum absolute atomic E-state index is 0.0163. The van der Waals surface area contributed by atoms with E-state index in [1.165, 1.54) is 6.26 Å². The van der Waals surface area contributed by atoms with E-state index in [9.17, 15) is 9.59 Å². The van der Waals surface area contributed by atoms with Gasteiger partial charge in [0.1, 0.15) is 6.54 Å². The summed E-state index contributed by atoms with van der Waals surface area (Å²) in [7, 11) is 0. The Morgan fingerprint density at radius 2 is 1.87 bits per heavy atom. The van der Waals surface area contributed by atoms with Crippen LogP contribution in [0.3, 0.4) is 0 Å². The van der Waals surface area contributed by atoms with Crippen molar-refractivity contribution in [3.05, 3.63) is 82.4 Å². The zero-order chi connectivity index (χ0) is 21.5. The second-order valence-corrected chi connectivity index (χ2v) is 8.65. The van der Waals surface area contributed by atoms with Gasteiger partial charge in [0, 0.05) is 24.6 Å². The largest absolute Gasteiger partial charge is 0.459 e. The average Bonchev–Trinajstić information content (AvgIpc) is 3.56. The van der Waals surface area contributed by atoms with Crippen LogP contribution < -0.4 is 0 Å². The van der Waals surface area contributed by atoms with Crippen molar-refractivity contribution in [2.75, 3.05) is 19.7 Å². The van der Waals surface area contributed by atoms with Gasteiger partial charge in [-0.05, 0) is 42.0 Å². The molecule has 1 aromatic carbocycles. The average molecular weight is 439 g/mol. The SMILES string of the molecule is O=C(CN(CC1CCCO1)C(=O)c1ccco1)N(Cc1ccccc1)Cc1cccs1. The fourth-order valence-electron chi connectivity index (χ4n) is 3.70. The summed E-state index contributed by atoms with van der Waals surface area (Å²) in [6.45, 7) is 2.05. The number of thiophene rings is 1. The lowest BCUT2D eigenvalue weighted by Crippen LogP contribution is -2.45. The maximum atomic E-state index is 13.4. The lowest BCUT2D eigenvalue weighted by atomic mass is 10.2. The highest BCUT2D eigenvalue weighted by molar-refractivity contribution is 7.09. The monoisotopic (exact) mass is 438 g/mol. The van der Waals surface area contributed by atoms with Gasteiger partial charge in [-0.3, -0.25) is 9.59 Å². The van der Waals surface area contributed by atoms with E-state index >= 15 is 0 Å². The van der Waals surface area contributed by atoms with Crippen LogP contribution >= 0.6 is 11.3 Å². The maximum absolute atomic E-state index is 13.4. The van der Waals surface area contributed by atoms with Gasteiger partial charge in [-0.2, -0.15) is 0 Å². The molecule has 3 heterocycles. The van der Waals surface area contributed by atoms with Gasteiger partial charge in [0.15, 0.2) is 5.76 Å². The van der Waals surface area contributed by atoms with Crippen molar-refractivity contribution in [1.29, 1.82) is 0 Å². The molecule has 1 unspecified atom stereocenters. The second kappa shape index (κ2) is 10.4. The van der Waals surface area contributed by atoms with E-state index < -0.39 is 0 Å². The molecule has 2 amide bonds. The van der Waals surface area contributed by atoms with Gasteiger partial charge >= 0.3 is 0 Å². The molecule has 0 radical (unpaired) electrons. The fourth-order valence-corrected chi connectivity index (χ4v) is 4.42. The highest BCUT2D eigenvalue weighted by atomic mass is 32.1. The molecular formula is C24H26N2O4S. The van der Waals surface area contributed by atoms with Gasteiger partial charge in [-0.1, -0.05) is 36.4 Å². The van der Waals surface area contributed by atoms with E-state index in [2.05, 4.69) is 0 Å². The number of furan rings is 1. The Kier molecular flexibility index (Phi) is 7.17. The Bertz CT molecular complexity index is 951. The first-order valence-electron chi connectivity index (χ1n) is 10.5. The van der Waals surface area contributed by atoms with Gasteiger partial charge in [-0.25, -0.2) is 0 Å². The van der Waals surface area contributed by atoms with Gasteiger partial charge in [0.2, 0.25) is 5.91 Å². The number of hydrogen-bond donors (Lipinski definition) is 0. The van der Waals surface area contributed by atoms with Crippen molar-refractivity contribution in [2.24, 2.45) is 0 Å². The highest BCUT2D eigenvalue weighted by Gasteiger charge is 2.28. The van der Waals surface area contributed by atoms with Crippen molar-refractivity contribution in [2.45, 2.75) is 32.0 Å². The molecular weight excluding hydrogens is 412 g/mol. The molecule has 0 spiro atoms. The zero-order valence-electron chi connectivity index (χ0n) is 17.3. The predicted molar refractivity (Wildman–Crippen MR) is 119 cm³/mol. The number of hydrogen-bond acceptors (Lipinski definition) is 5. The first-order valence-corrected chi connectivity index (χ1v) is 11.4. The molecule has 0 N–H and O–H groups in total. The number of amides is 2. The number of rotatable bonds is 9. The highest BCUT2D eigenvalue weighted by Crippen LogP contribution is 2.18. The molecule has 0 bridgehead atoms. The molecule has 1 aliphatic heterocycles. The minimum Gasteiger partial charge on any atom is -0.459 e. The van der Waals surface area contributed by atoms with E-state index in [4.69, 9.17) is 9.15 Å². The van der Waals surface area contributed by atoms with Crippen molar-refractivity contribution < 1.29 is 18.7 Å². The smallest absolute Gasteiger partial charge is 0.290 e. The van der Waals surface area contributed by atoms with E-state index in [0.29, 0.717) is 26.2 Å². The van der Waals surface area contributed by atoms with E-state index in [0.717, 1.165) is 23.3 Å². The van der Waals surface area contributed by atoms with Crippen LogP contribution in [0.25, 0.3) is 0 Å². The number of ether oxygens (including phenoxy) is 1. The molecule has 1 fully saturated rings. The predicted octanol–water partition coefficient (Wildman–Crippen LogP) is 4.19. The Labute approximate surface area is 186 Å². The summed E-state index contributed by atoms with van der Waals surface area (Å²) in [5.41, 5.74) is 1.05. The summed E-state index contributed by atoms with van der Waals surface area (Å²) in [5, 5.41) is 2.00. The first-order chi connectivity index (χ1) is 15.2. The van der Waals surface area contributed by atoms with Gasteiger partial charge in [-0.15, -0.1) is 11.3 Å². The summed E-state index contributed by atoms with van der Waals surface area (Å²) in [5.74, 6) is -0.154. The molecule has 2 aromatic heterocycles. The van der Waals surface area contributed by atoms with E-state index in [-0.39, 0.29) is 30.2 Å². The Morgan fingerprint density at radius 1 is 1.00 bits per heavy atom. The number of carbonyl (C=O) groups is 2. The molecule has 162 valence electrons. The fraction of sp³-hybridized carbons (Fsp3) is 0.333. The summed E-state index contributed by atoms with van der Waals surface area (Å²) < 4.78 is 11.0. The first kappa shape index (κ1) is 21.3. The molecule has 6 nitrogen and oxygen atoms in total. The summed E-state index contributed by atoms with van der Waals surface area (Å²) in [6, 6.07) is 17.2. The molecule has 4 rings (SSSR count). The van der Waals surface area contributed by atoms with Crippen LogP contribution in [-0.4, -0.2) is 47.4 Å². The van der Waals surface area contributed by atoms with Crippen LogP contribution in [0.1, 0.15) is 33.8 Å². The third-order valence-corrected chi connectivity index (χ3v) is 6.15. The molecule has 31 heavy (non-hydrogen) atoms. The van der Waals surface area contributed by atoms with Crippen LogP contribution in [0, 0.1) is 0 Å². The molecule has 1 aliphatic rings. The second-order valence-electron chi connectivity index (χ2n) is 7.61. The molecule has 1 saturated heterocycles. The third-order valence-electron chi connectivity index (χ3n) is 5.29. The van der Waals surface area contributed by atoms with Crippen LogP contribution in [0.2, 0.25) is 0 Å². The molecule has 0 aliphatic carbocycles. The van der Waals surface area contributed by atoms with Crippen molar-refractivity contribution in [3.8, 4) is 0 Å². The summed E-state index contributed by atoms with van der Waals surface area (Å²) >= 11 is 1.62. The molecule has 7 heteroatoms. The normalized spacial score (nSPS) is 15.7. The third kappa shape index (κ3) is 5.83. The van der Waals surface area contributed by atoms with Gasteiger partial charge in [0.05, 0.1) is 18.9 Å². The molecule has 3 aromatic rings. The van der Waals surface area contributed by atoms with Crippen molar-refractivity contribution >= 4 is 23.2 Å². The zero-order valence-corrected chi connectivity index (χ0v) is 18.1. The lowest BCUT2D eigenvalue weighted by Gasteiger charge is -2.28. The Balaban J connectivity index is 1.51. The maximum Gasteiger partial charge on any atom is 0.290 e. The van der Waals surface area contributed by atoms with E-state index in [1.807, 2.05) is 47.8 Å². The summed E-state index contributed by atoms with van der Waals surface area (Å²) in [6.07, 6.45) is 3.28. The van der Waals surface area contributed by atoms with Crippen molar-refractivity contribution in [3.63, 3.8) is 0 Å². The molecule has 1 atom stereocenters. The van der Waals surface area contributed by atoms with Gasteiger partial charge in [0.25, 0.3) is 5.91 Å². The minimum atomic E-state index is -0.287. The van der Waals surface area contributed by atoms with Crippen LogP contribution in [0.4, 0.5) is 0 Å². The van der Waals surface area contributed by atoms with Gasteiger partial charge < -0.3 is 19.0 Å². The van der Waals surface area contributed by atoms with E-state index in [1.54, 1.807) is 33.3 Å². The number of carbonyl (C=O) groups excluding carboxylic acids is 2. The molecule has 0 saturated carbocycles. The number of nitrogens with zero attached hydrogens (tertiary/aromatic N) is 2. The standard InChI is InChI=1S/C24H26N2O4S/c27-23(25(17-21-10-6-14-31-21)15-19-7-2-1-3-8-19)18-26(16-20-9-4-12-29-20)24(28)22-11-5-13-30-22/h1-3,5-8,10-11,13-14,20H,4,9,12,15-18H2. The quantitative estimate of drug-likeness (QED) is 0.503. The Hall–Kier alpha value is -2.90. The number of benzene rings is 1. The Morgan fingerprint density at radius 3 is 2.55 bits per heavy atom. The van der Waals surface area contributed by atoms with Crippen LogP contribution in [0.15, 0.2) is 70.7 Å².